The Morgan fingerprint density at radius 3 is 2.50 bits per heavy atom. The number of thioether (sulfide) groups is 1. The van der Waals surface area contributed by atoms with Crippen molar-refractivity contribution in [3.63, 3.8) is 0 Å². The van der Waals surface area contributed by atoms with Crippen LogP contribution in [0.25, 0.3) is 0 Å². The first kappa shape index (κ1) is 10.8. The third-order valence-corrected chi connectivity index (χ3v) is 2.34. The Labute approximate surface area is 86.9 Å². The Hall–Kier alpha value is -1.29. The first-order valence-corrected chi connectivity index (χ1v) is 5.00. The third-order valence-electron chi connectivity index (χ3n) is 1.46. The third kappa shape index (κ3) is 4.09. The van der Waals surface area contributed by atoms with Crippen molar-refractivity contribution in [2.45, 2.75) is 11.8 Å². The van der Waals surface area contributed by atoms with Crippen LogP contribution in [0.4, 0.5) is 0 Å². The summed E-state index contributed by atoms with van der Waals surface area (Å²) in [7, 11) is 0. The number of hydrogen-bond donors (Lipinski definition) is 1. The van der Waals surface area contributed by atoms with Crippen LogP contribution in [0.2, 0.25) is 0 Å². The molecule has 4 heteroatoms. The molecule has 74 valence electrons. The molecule has 14 heavy (non-hydrogen) atoms. The topological polar surface area (TPSA) is 46.2 Å². The molecule has 1 N–H and O–H groups in total. The maximum Gasteiger partial charge on any atom is 0.217 e. The molecule has 0 fully saturated rings. The number of benzene rings is 1. The maximum absolute atomic E-state index is 11.3. The molecule has 0 spiro atoms. The fraction of sp³-hybridized carbons (Fsp3) is 0.200. The van der Waals surface area contributed by atoms with E-state index >= 15 is 0 Å². The van der Waals surface area contributed by atoms with Gasteiger partial charge in [-0.3, -0.25) is 9.59 Å². The predicted molar refractivity (Wildman–Crippen MR) is 56.0 cm³/mol. The lowest BCUT2D eigenvalue weighted by atomic mass is 10.4. The number of hydrogen-bond acceptors (Lipinski definition) is 3. The van der Waals surface area contributed by atoms with E-state index < -0.39 is 0 Å². The summed E-state index contributed by atoms with van der Waals surface area (Å²) < 4.78 is 0. The fourth-order valence-electron chi connectivity index (χ4n) is 0.853. The van der Waals surface area contributed by atoms with E-state index in [0.29, 0.717) is 0 Å². The van der Waals surface area contributed by atoms with Crippen LogP contribution >= 0.6 is 11.8 Å². The van der Waals surface area contributed by atoms with Crippen molar-refractivity contribution < 1.29 is 9.59 Å². The van der Waals surface area contributed by atoms with Crippen LogP contribution in [0.1, 0.15) is 6.92 Å². The zero-order chi connectivity index (χ0) is 10.4. The highest BCUT2D eigenvalue weighted by molar-refractivity contribution is 8.13. The zero-order valence-electron chi connectivity index (χ0n) is 7.82. The predicted octanol–water partition coefficient (Wildman–Crippen LogP) is 1.44. The molecule has 1 aromatic rings. The summed E-state index contributed by atoms with van der Waals surface area (Å²) >= 11 is 1.13. The number of carbonyl (C=O) groups excluding carboxylic acids is 2. The number of carbonyl (C=O) groups is 2. The lowest BCUT2D eigenvalue weighted by Crippen LogP contribution is -2.25. The van der Waals surface area contributed by atoms with E-state index in [1.807, 2.05) is 30.3 Å². The summed E-state index contributed by atoms with van der Waals surface area (Å²) in [6, 6.07) is 9.34. The standard InChI is InChI=1S/C10H11NO2S/c1-8(12)11-7-10(13)14-9-5-3-2-4-6-9/h2-6H,7H2,1H3,(H,11,12). The van der Waals surface area contributed by atoms with Crippen molar-refractivity contribution in [1.29, 1.82) is 0 Å². The van der Waals surface area contributed by atoms with Crippen LogP contribution < -0.4 is 5.32 Å². The van der Waals surface area contributed by atoms with Crippen molar-refractivity contribution in [1.82, 2.24) is 5.32 Å². The number of rotatable bonds is 3. The van der Waals surface area contributed by atoms with E-state index in [9.17, 15) is 9.59 Å². The summed E-state index contributed by atoms with van der Waals surface area (Å²) in [6.45, 7) is 1.47. The second-order valence-corrected chi connectivity index (χ2v) is 3.83. The van der Waals surface area contributed by atoms with E-state index in [0.717, 1.165) is 16.7 Å². The maximum atomic E-state index is 11.3. The molecular formula is C10H11NO2S. The molecule has 3 nitrogen and oxygen atoms in total. The minimum atomic E-state index is -0.188. The van der Waals surface area contributed by atoms with Gasteiger partial charge in [0.1, 0.15) is 0 Å². The number of amides is 1. The first-order chi connectivity index (χ1) is 6.68. The molecule has 0 aromatic heterocycles. The Bertz CT molecular complexity index is 324. The average Bonchev–Trinajstić information content (AvgIpc) is 2.16. The van der Waals surface area contributed by atoms with Gasteiger partial charge >= 0.3 is 0 Å². The summed E-state index contributed by atoms with van der Waals surface area (Å²) in [5.74, 6) is -0.188. The van der Waals surface area contributed by atoms with Crippen LogP contribution in [-0.4, -0.2) is 17.6 Å². The lowest BCUT2D eigenvalue weighted by molar-refractivity contribution is -0.121. The number of nitrogens with one attached hydrogen (secondary N) is 1. The summed E-state index contributed by atoms with van der Waals surface area (Å²) in [5, 5.41) is 2.39. The van der Waals surface area contributed by atoms with Gasteiger partial charge < -0.3 is 5.32 Å². The highest BCUT2D eigenvalue weighted by atomic mass is 32.2. The summed E-state index contributed by atoms with van der Waals surface area (Å²) in [4.78, 5) is 22.7. The molecule has 0 radical (unpaired) electrons. The van der Waals surface area contributed by atoms with Crippen LogP contribution in [-0.2, 0) is 9.59 Å². The molecule has 0 atom stereocenters. The molecule has 0 aliphatic carbocycles. The first-order valence-electron chi connectivity index (χ1n) is 4.18. The molecule has 1 amide bonds. The van der Waals surface area contributed by atoms with Crippen LogP contribution in [0.3, 0.4) is 0 Å². The second kappa shape index (κ2) is 5.44. The van der Waals surface area contributed by atoms with E-state index in [1.165, 1.54) is 6.92 Å². The molecule has 0 saturated carbocycles. The van der Waals surface area contributed by atoms with E-state index in [2.05, 4.69) is 5.32 Å². The lowest BCUT2D eigenvalue weighted by Gasteiger charge is -2.00. The second-order valence-electron chi connectivity index (χ2n) is 2.70. The summed E-state index contributed by atoms with van der Waals surface area (Å²) in [5.41, 5.74) is 0. The largest absolute Gasteiger partial charge is 0.348 e. The Morgan fingerprint density at radius 1 is 1.29 bits per heavy atom. The van der Waals surface area contributed by atoms with Gasteiger partial charge in [0.2, 0.25) is 11.0 Å². The normalized spacial score (nSPS) is 9.50. The van der Waals surface area contributed by atoms with Gasteiger partial charge in [-0.2, -0.15) is 0 Å². The van der Waals surface area contributed by atoms with Crippen LogP contribution in [0, 0.1) is 0 Å². The minimum absolute atomic E-state index is 0.0635. The molecule has 0 bridgehead atoms. The molecule has 0 heterocycles. The Kier molecular flexibility index (Phi) is 4.19. The molecule has 0 unspecified atom stereocenters. The molecule has 0 aliphatic rings. The van der Waals surface area contributed by atoms with Gasteiger partial charge in [-0.25, -0.2) is 0 Å². The highest BCUT2D eigenvalue weighted by Gasteiger charge is 2.04. The molecule has 0 saturated heterocycles. The highest BCUT2D eigenvalue weighted by Crippen LogP contribution is 2.16. The van der Waals surface area contributed by atoms with E-state index in [4.69, 9.17) is 0 Å². The molecule has 0 aliphatic heterocycles. The van der Waals surface area contributed by atoms with Crippen molar-refractivity contribution in [3.05, 3.63) is 30.3 Å². The van der Waals surface area contributed by atoms with Gasteiger partial charge in [-0.05, 0) is 12.1 Å². The van der Waals surface area contributed by atoms with E-state index in [1.54, 1.807) is 0 Å². The van der Waals surface area contributed by atoms with Crippen molar-refractivity contribution in [2.75, 3.05) is 6.54 Å². The SMILES string of the molecule is CC(=O)NCC(=O)Sc1ccccc1. The smallest absolute Gasteiger partial charge is 0.217 e. The van der Waals surface area contributed by atoms with Gasteiger partial charge in [-0.1, -0.05) is 30.0 Å². The summed E-state index contributed by atoms with van der Waals surface area (Å²) in [6.07, 6.45) is 0. The van der Waals surface area contributed by atoms with Gasteiger partial charge in [0, 0.05) is 11.8 Å². The quantitative estimate of drug-likeness (QED) is 0.766. The van der Waals surface area contributed by atoms with Crippen molar-refractivity contribution in [2.24, 2.45) is 0 Å². The Balaban J connectivity index is 2.38. The fourth-order valence-corrected chi connectivity index (χ4v) is 1.55. The van der Waals surface area contributed by atoms with Crippen LogP contribution in [0.5, 0.6) is 0 Å². The van der Waals surface area contributed by atoms with Gasteiger partial charge in [-0.15, -0.1) is 0 Å². The van der Waals surface area contributed by atoms with Crippen LogP contribution in [0.15, 0.2) is 35.2 Å². The van der Waals surface area contributed by atoms with Gasteiger partial charge in [0.05, 0.1) is 6.54 Å². The average molecular weight is 209 g/mol. The molecule has 1 rings (SSSR count). The minimum Gasteiger partial charge on any atom is -0.348 e. The monoisotopic (exact) mass is 209 g/mol. The van der Waals surface area contributed by atoms with Crippen molar-refractivity contribution >= 4 is 22.8 Å². The van der Waals surface area contributed by atoms with E-state index in [-0.39, 0.29) is 17.6 Å². The van der Waals surface area contributed by atoms with Crippen molar-refractivity contribution in [3.8, 4) is 0 Å². The zero-order valence-corrected chi connectivity index (χ0v) is 8.64. The Morgan fingerprint density at radius 2 is 1.93 bits per heavy atom. The van der Waals surface area contributed by atoms with Gasteiger partial charge in [0.25, 0.3) is 0 Å². The molecule has 1 aromatic carbocycles. The molecular weight excluding hydrogens is 198 g/mol. The van der Waals surface area contributed by atoms with Gasteiger partial charge in [0.15, 0.2) is 0 Å².